The van der Waals surface area contributed by atoms with Crippen LogP contribution in [0.3, 0.4) is 0 Å². The number of carbonyl (C=O) groups is 1. The first-order valence-electron chi connectivity index (χ1n) is 9.46. The van der Waals surface area contributed by atoms with Crippen molar-refractivity contribution in [1.82, 2.24) is 14.1 Å². The second kappa shape index (κ2) is 8.37. The number of anilines is 1. The summed E-state index contributed by atoms with van der Waals surface area (Å²) in [5, 5.41) is 18.4. The maximum Gasteiger partial charge on any atom is 0.269 e. The molecule has 1 amide bonds. The van der Waals surface area contributed by atoms with E-state index >= 15 is 0 Å². The number of carbonyl (C=O) groups excluding carboxylic acids is 1. The zero-order chi connectivity index (χ0) is 23.0. The predicted molar refractivity (Wildman–Crippen MR) is 120 cm³/mol. The van der Waals surface area contributed by atoms with Crippen molar-refractivity contribution in [2.75, 3.05) is 19.4 Å². The van der Waals surface area contributed by atoms with Gasteiger partial charge in [-0.05, 0) is 36.4 Å². The van der Waals surface area contributed by atoms with Crippen molar-refractivity contribution < 1.29 is 18.1 Å². The van der Waals surface area contributed by atoms with Gasteiger partial charge >= 0.3 is 0 Å². The summed E-state index contributed by atoms with van der Waals surface area (Å²) >= 11 is 1.68. The quantitative estimate of drug-likeness (QED) is 0.430. The van der Waals surface area contributed by atoms with Crippen molar-refractivity contribution in [2.45, 2.75) is 16.4 Å². The fourth-order valence-electron chi connectivity index (χ4n) is 3.21. The molecule has 166 valence electrons. The van der Waals surface area contributed by atoms with Crippen molar-refractivity contribution in [3.63, 3.8) is 0 Å². The van der Waals surface area contributed by atoms with Gasteiger partial charge in [-0.2, -0.15) is 16.9 Å². The highest BCUT2D eigenvalue weighted by Crippen LogP contribution is 2.36. The number of nitrogens with one attached hydrogen (secondary N) is 1. The van der Waals surface area contributed by atoms with E-state index in [0.717, 1.165) is 15.6 Å². The maximum absolute atomic E-state index is 12.9. The minimum absolute atomic E-state index is 0.0395. The second-order valence-electron chi connectivity index (χ2n) is 7.22. The third-order valence-corrected chi connectivity index (χ3v) is 7.78. The Bertz CT molecular complexity index is 1300. The Labute approximate surface area is 188 Å². The highest BCUT2D eigenvalue weighted by molar-refractivity contribution is 7.98. The van der Waals surface area contributed by atoms with Crippen molar-refractivity contribution >= 4 is 39.2 Å². The normalized spacial score (nSPS) is 13.2. The van der Waals surface area contributed by atoms with Gasteiger partial charge in [0.15, 0.2) is 0 Å². The minimum atomic E-state index is -3.59. The lowest BCUT2D eigenvalue weighted by atomic mass is 10.2. The summed E-state index contributed by atoms with van der Waals surface area (Å²) in [7, 11) is -0.716. The maximum atomic E-state index is 12.9. The number of benzene rings is 2. The number of hydrogen-bond acceptors (Lipinski definition) is 7. The van der Waals surface area contributed by atoms with E-state index in [2.05, 4.69) is 10.4 Å². The van der Waals surface area contributed by atoms with Crippen LogP contribution in [-0.4, -0.2) is 47.4 Å². The molecule has 1 aliphatic rings. The summed E-state index contributed by atoms with van der Waals surface area (Å²) in [4.78, 5) is 23.5. The van der Waals surface area contributed by atoms with Crippen LogP contribution < -0.4 is 5.32 Å². The van der Waals surface area contributed by atoms with Gasteiger partial charge in [0.1, 0.15) is 5.82 Å². The molecular formula is C20H19N5O5S2. The molecule has 0 spiro atoms. The van der Waals surface area contributed by atoms with E-state index in [9.17, 15) is 23.3 Å². The van der Waals surface area contributed by atoms with Gasteiger partial charge in [-0.3, -0.25) is 14.9 Å². The number of fused-ring (bicyclic) bond motifs is 1. The number of nitro benzene ring substituents is 1. The van der Waals surface area contributed by atoms with Crippen LogP contribution in [0, 0.1) is 10.1 Å². The molecule has 2 heterocycles. The summed E-state index contributed by atoms with van der Waals surface area (Å²) < 4.78 is 27.1. The number of aromatic nitrogens is 2. The van der Waals surface area contributed by atoms with Gasteiger partial charge in [0.25, 0.3) is 11.6 Å². The monoisotopic (exact) mass is 473 g/mol. The van der Waals surface area contributed by atoms with Crippen LogP contribution in [-0.2, 0) is 21.5 Å². The Balaban J connectivity index is 1.64. The Kier molecular flexibility index (Phi) is 5.75. The summed E-state index contributed by atoms with van der Waals surface area (Å²) in [5.41, 5.74) is 2.57. The van der Waals surface area contributed by atoms with Crippen LogP contribution >= 0.6 is 11.8 Å². The van der Waals surface area contributed by atoms with E-state index in [-0.39, 0.29) is 10.6 Å². The molecular weight excluding hydrogens is 454 g/mol. The SMILES string of the molecule is CN(C)S(=O)(=O)c1ccc(C(=O)Nc2c3c(nn2-c2ccc([N+](=O)[O-])cc2)CSC3)cc1. The van der Waals surface area contributed by atoms with E-state index in [1.165, 1.54) is 50.5 Å². The van der Waals surface area contributed by atoms with Crippen molar-refractivity contribution in [3.8, 4) is 5.69 Å². The molecule has 4 rings (SSSR count). The molecule has 3 aromatic rings. The standard InChI is InChI=1S/C20H19N5O5S2/c1-23(2)32(29,30)16-9-3-13(4-10-16)20(26)21-19-17-11-31-12-18(17)22-24(19)14-5-7-15(8-6-14)25(27)28/h3-10H,11-12H2,1-2H3,(H,21,26). The number of rotatable bonds is 6. The third-order valence-electron chi connectivity index (χ3n) is 4.98. The van der Waals surface area contributed by atoms with E-state index in [1.807, 2.05) is 0 Å². The fourth-order valence-corrected chi connectivity index (χ4v) is 5.15. The Morgan fingerprint density at radius 3 is 2.38 bits per heavy atom. The minimum Gasteiger partial charge on any atom is -0.306 e. The summed E-state index contributed by atoms with van der Waals surface area (Å²) in [6.07, 6.45) is 0. The van der Waals surface area contributed by atoms with Crippen LogP contribution in [0.1, 0.15) is 21.6 Å². The lowest BCUT2D eigenvalue weighted by molar-refractivity contribution is -0.384. The first-order chi connectivity index (χ1) is 15.2. The average molecular weight is 474 g/mol. The number of nitrogens with zero attached hydrogens (tertiary/aromatic N) is 4. The summed E-state index contributed by atoms with van der Waals surface area (Å²) in [6, 6.07) is 11.6. The van der Waals surface area contributed by atoms with Crippen molar-refractivity contribution in [2.24, 2.45) is 0 Å². The molecule has 10 nitrogen and oxygen atoms in total. The number of sulfonamides is 1. The van der Waals surface area contributed by atoms with Gasteiger partial charge in [0.2, 0.25) is 10.0 Å². The first kappa shape index (κ1) is 22.0. The molecule has 0 aliphatic carbocycles. The number of nitro groups is 1. The molecule has 12 heteroatoms. The molecule has 0 radical (unpaired) electrons. The molecule has 0 fully saturated rings. The van der Waals surface area contributed by atoms with Gasteiger partial charge in [0.05, 0.1) is 21.2 Å². The van der Waals surface area contributed by atoms with Crippen LogP contribution in [0.5, 0.6) is 0 Å². The molecule has 1 aromatic heterocycles. The molecule has 0 saturated heterocycles. The smallest absolute Gasteiger partial charge is 0.269 e. The average Bonchev–Trinajstić information content (AvgIpc) is 3.36. The predicted octanol–water partition coefficient (Wildman–Crippen LogP) is 3.03. The fraction of sp³-hybridized carbons (Fsp3) is 0.200. The van der Waals surface area contributed by atoms with E-state index in [1.54, 1.807) is 28.6 Å². The van der Waals surface area contributed by atoms with Crippen LogP contribution in [0.25, 0.3) is 5.69 Å². The van der Waals surface area contributed by atoms with Crippen molar-refractivity contribution in [3.05, 3.63) is 75.5 Å². The summed E-state index contributed by atoms with van der Waals surface area (Å²) in [5.74, 6) is 1.46. The van der Waals surface area contributed by atoms with Gasteiger partial charge in [-0.15, -0.1) is 0 Å². The third kappa shape index (κ3) is 3.99. The van der Waals surface area contributed by atoms with E-state index in [0.29, 0.717) is 28.6 Å². The number of hydrogen-bond donors (Lipinski definition) is 1. The largest absolute Gasteiger partial charge is 0.306 e. The van der Waals surface area contributed by atoms with Crippen molar-refractivity contribution in [1.29, 1.82) is 0 Å². The molecule has 1 N–H and O–H groups in total. The Morgan fingerprint density at radius 1 is 1.12 bits per heavy atom. The number of non-ortho nitro benzene ring substituents is 1. The molecule has 0 bridgehead atoms. The topological polar surface area (TPSA) is 127 Å². The molecule has 2 aromatic carbocycles. The molecule has 0 atom stereocenters. The second-order valence-corrected chi connectivity index (χ2v) is 10.4. The molecule has 1 aliphatic heterocycles. The lowest BCUT2D eigenvalue weighted by Crippen LogP contribution is -2.22. The van der Waals surface area contributed by atoms with Crippen LogP contribution in [0.4, 0.5) is 11.5 Å². The Morgan fingerprint density at radius 2 is 1.78 bits per heavy atom. The van der Waals surface area contributed by atoms with Gasteiger partial charge < -0.3 is 5.32 Å². The molecule has 0 saturated carbocycles. The molecule has 32 heavy (non-hydrogen) atoms. The van der Waals surface area contributed by atoms with E-state index in [4.69, 9.17) is 0 Å². The molecule has 0 unspecified atom stereocenters. The van der Waals surface area contributed by atoms with Gasteiger partial charge in [0, 0.05) is 48.9 Å². The highest BCUT2D eigenvalue weighted by Gasteiger charge is 2.25. The van der Waals surface area contributed by atoms with Gasteiger partial charge in [-0.1, -0.05) is 0 Å². The van der Waals surface area contributed by atoms with Crippen LogP contribution in [0.2, 0.25) is 0 Å². The zero-order valence-corrected chi connectivity index (χ0v) is 18.8. The lowest BCUT2D eigenvalue weighted by Gasteiger charge is -2.13. The summed E-state index contributed by atoms with van der Waals surface area (Å²) in [6.45, 7) is 0. The Hall–Kier alpha value is -3.22. The van der Waals surface area contributed by atoms with Crippen LogP contribution in [0.15, 0.2) is 53.4 Å². The first-order valence-corrected chi connectivity index (χ1v) is 12.1. The highest BCUT2D eigenvalue weighted by atomic mass is 32.2. The van der Waals surface area contributed by atoms with E-state index < -0.39 is 20.9 Å². The number of thioether (sulfide) groups is 1. The number of amides is 1. The van der Waals surface area contributed by atoms with Gasteiger partial charge in [-0.25, -0.2) is 17.4 Å². The zero-order valence-electron chi connectivity index (χ0n) is 17.2.